The Morgan fingerprint density at radius 2 is 2.00 bits per heavy atom. The third-order valence-corrected chi connectivity index (χ3v) is 2.70. The summed E-state index contributed by atoms with van der Waals surface area (Å²) in [5.74, 6) is 0.327. The Morgan fingerprint density at radius 3 is 2.55 bits per heavy atom. The first-order chi connectivity index (χ1) is 9.88. The van der Waals surface area contributed by atoms with E-state index in [2.05, 4.69) is 20.3 Å². The molecule has 0 aliphatic rings. The average molecular weight is 432 g/mol. The quantitative estimate of drug-likeness (QED) is 0.312. The van der Waals surface area contributed by atoms with Gasteiger partial charge in [-0.1, -0.05) is 0 Å². The fraction of sp³-hybridized carbons (Fsp3) is 0.583. The van der Waals surface area contributed by atoms with Crippen molar-refractivity contribution in [2.24, 2.45) is 10.7 Å². The summed E-state index contributed by atoms with van der Waals surface area (Å²) in [6.45, 7) is 6.03. The third-order valence-electron chi connectivity index (χ3n) is 2.70. The fourth-order valence-corrected chi connectivity index (χ4v) is 1.59. The Kier molecular flexibility index (Phi) is 9.06. The number of guanidine groups is 1. The highest BCUT2D eigenvalue weighted by Crippen LogP contribution is 2.27. The van der Waals surface area contributed by atoms with Gasteiger partial charge in [0.2, 0.25) is 5.95 Å². The lowest BCUT2D eigenvalue weighted by Crippen LogP contribution is -2.37. The van der Waals surface area contributed by atoms with Gasteiger partial charge < -0.3 is 16.0 Å². The fourth-order valence-electron chi connectivity index (χ4n) is 1.59. The van der Waals surface area contributed by atoms with Gasteiger partial charge in [0.05, 0.1) is 6.54 Å². The van der Waals surface area contributed by atoms with Gasteiger partial charge in [0.25, 0.3) is 0 Å². The zero-order valence-electron chi connectivity index (χ0n) is 12.4. The molecule has 6 nitrogen and oxygen atoms in total. The Morgan fingerprint density at radius 1 is 1.36 bits per heavy atom. The summed E-state index contributed by atoms with van der Waals surface area (Å²) in [6, 6.07) is 0.821. The van der Waals surface area contributed by atoms with E-state index in [9.17, 15) is 13.2 Å². The van der Waals surface area contributed by atoms with Crippen molar-refractivity contribution in [1.82, 2.24) is 14.9 Å². The molecule has 0 aliphatic carbocycles. The zero-order valence-corrected chi connectivity index (χ0v) is 14.7. The normalized spacial score (nSPS) is 11.8. The molecule has 1 aromatic heterocycles. The van der Waals surface area contributed by atoms with Crippen molar-refractivity contribution in [2.75, 3.05) is 31.5 Å². The number of nitrogens with two attached hydrogens (primary N) is 1. The van der Waals surface area contributed by atoms with Crippen molar-refractivity contribution in [3.8, 4) is 0 Å². The van der Waals surface area contributed by atoms with Gasteiger partial charge >= 0.3 is 6.18 Å². The van der Waals surface area contributed by atoms with Crippen LogP contribution in [0.1, 0.15) is 19.5 Å². The van der Waals surface area contributed by atoms with Gasteiger partial charge in [-0.25, -0.2) is 9.97 Å². The number of aromatic nitrogens is 2. The molecule has 22 heavy (non-hydrogen) atoms. The number of nitrogens with zero attached hydrogens (tertiary/aromatic N) is 4. The summed E-state index contributed by atoms with van der Waals surface area (Å²) in [6.07, 6.45) is -3.42. The molecule has 0 fully saturated rings. The molecule has 0 aromatic carbocycles. The molecule has 0 saturated heterocycles. The number of rotatable bonds is 6. The van der Waals surface area contributed by atoms with Crippen molar-refractivity contribution in [3.05, 3.63) is 18.0 Å². The first-order valence-corrected chi connectivity index (χ1v) is 6.57. The largest absolute Gasteiger partial charge is 0.433 e. The number of hydrogen-bond acceptors (Lipinski definition) is 4. The number of alkyl halides is 3. The zero-order chi connectivity index (χ0) is 15.9. The van der Waals surface area contributed by atoms with Gasteiger partial charge in [-0.15, -0.1) is 24.0 Å². The number of aliphatic imine (C=N–C) groups is 1. The van der Waals surface area contributed by atoms with E-state index in [4.69, 9.17) is 5.73 Å². The molecule has 0 atom stereocenters. The van der Waals surface area contributed by atoms with E-state index < -0.39 is 11.9 Å². The molecule has 10 heteroatoms. The molecule has 1 heterocycles. The molecule has 0 radical (unpaired) electrons. The number of hydrogen-bond donors (Lipinski definition) is 2. The minimum absolute atomic E-state index is 0. The molecule has 0 amide bonds. The monoisotopic (exact) mass is 432 g/mol. The van der Waals surface area contributed by atoms with E-state index in [0.29, 0.717) is 19.0 Å². The molecule has 0 aliphatic heterocycles. The highest BCUT2D eigenvalue weighted by Gasteiger charge is 2.32. The van der Waals surface area contributed by atoms with Crippen LogP contribution in [0.4, 0.5) is 19.1 Å². The Balaban J connectivity index is 0.00000441. The van der Waals surface area contributed by atoms with E-state index >= 15 is 0 Å². The smallest absolute Gasteiger partial charge is 0.370 e. The Hall–Kier alpha value is -1.33. The van der Waals surface area contributed by atoms with Crippen molar-refractivity contribution in [2.45, 2.75) is 20.0 Å². The Bertz CT molecular complexity index is 476. The third kappa shape index (κ3) is 6.62. The van der Waals surface area contributed by atoms with Crippen LogP contribution < -0.4 is 11.1 Å². The van der Waals surface area contributed by atoms with Crippen LogP contribution in [0.2, 0.25) is 0 Å². The second kappa shape index (κ2) is 9.64. The molecule has 0 bridgehead atoms. The summed E-state index contributed by atoms with van der Waals surface area (Å²) < 4.78 is 37.4. The average Bonchev–Trinajstić information content (AvgIpc) is 2.44. The molecule has 3 N–H and O–H groups in total. The minimum atomic E-state index is -4.48. The van der Waals surface area contributed by atoms with Gasteiger partial charge in [0, 0.05) is 25.8 Å². The first-order valence-electron chi connectivity index (χ1n) is 6.57. The molecule has 126 valence electrons. The highest BCUT2D eigenvalue weighted by atomic mass is 127. The molecule has 0 unspecified atom stereocenters. The van der Waals surface area contributed by atoms with E-state index in [-0.39, 0.29) is 29.9 Å². The van der Waals surface area contributed by atoms with E-state index in [0.717, 1.165) is 25.4 Å². The second-order valence-corrected chi connectivity index (χ2v) is 4.10. The molecule has 0 saturated carbocycles. The van der Waals surface area contributed by atoms with E-state index in [1.807, 2.05) is 18.7 Å². The van der Waals surface area contributed by atoms with E-state index in [1.54, 1.807) is 0 Å². The van der Waals surface area contributed by atoms with Crippen molar-refractivity contribution < 1.29 is 13.2 Å². The number of anilines is 1. The molecule has 1 rings (SSSR count). The SMILES string of the molecule is CCN(CC)C(N)=NCCNc1nccc(C(F)(F)F)n1.I. The maximum Gasteiger partial charge on any atom is 0.433 e. The van der Waals surface area contributed by atoms with Gasteiger partial charge in [0.15, 0.2) is 5.96 Å². The highest BCUT2D eigenvalue weighted by molar-refractivity contribution is 14.0. The van der Waals surface area contributed by atoms with Gasteiger partial charge in [0.1, 0.15) is 5.69 Å². The summed E-state index contributed by atoms with van der Waals surface area (Å²) in [7, 11) is 0. The van der Waals surface area contributed by atoms with Crippen molar-refractivity contribution in [1.29, 1.82) is 0 Å². The summed E-state index contributed by atoms with van der Waals surface area (Å²) in [5.41, 5.74) is 4.79. The molecular weight excluding hydrogens is 412 g/mol. The van der Waals surface area contributed by atoms with Crippen LogP contribution in [0, 0.1) is 0 Å². The Labute approximate surface area is 144 Å². The van der Waals surface area contributed by atoms with Crippen LogP contribution >= 0.6 is 24.0 Å². The molecule has 0 spiro atoms. The van der Waals surface area contributed by atoms with Crippen LogP contribution in [0.3, 0.4) is 0 Å². The van der Waals surface area contributed by atoms with Crippen molar-refractivity contribution in [3.63, 3.8) is 0 Å². The first kappa shape index (κ1) is 20.7. The van der Waals surface area contributed by atoms with Crippen LogP contribution in [0.15, 0.2) is 17.3 Å². The lowest BCUT2D eigenvalue weighted by molar-refractivity contribution is -0.141. The van der Waals surface area contributed by atoms with Crippen LogP contribution in [-0.4, -0.2) is 47.0 Å². The van der Waals surface area contributed by atoms with Crippen LogP contribution in [0.25, 0.3) is 0 Å². The van der Waals surface area contributed by atoms with Crippen LogP contribution in [0.5, 0.6) is 0 Å². The van der Waals surface area contributed by atoms with E-state index in [1.165, 1.54) is 0 Å². The van der Waals surface area contributed by atoms with Gasteiger partial charge in [-0.05, 0) is 19.9 Å². The van der Waals surface area contributed by atoms with Crippen molar-refractivity contribution >= 4 is 35.9 Å². The topological polar surface area (TPSA) is 79.4 Å². The summed E-state index contributed by atoms with van der Waals surface area (Å²) in [5, 5.41) is 2.68. The maximum atomic E-state index is 12.5. The van der Waals surface area contributed by atoms with Crippen LogP contribution in [-0.2, 0) is 6.18 Å². The summed E-state index contributed by atoms with van der Waals surface area (Å²) in [4.78, 5) is 13.1. The molecule has 1 aromatic rings. The lowest BCUT2D eigenvalue weighted by atomic mass is 10.4. The maximum absolute atomic E-state index is 12.5. The van der Waals surface area contributed by atoms with Gasteiger partial charge in [-0.2, -0.15) is 13.2 Å². The number of nitrogens with one attached hydrogen (secondary N) is 1. The second-order valence-electron chi connectivity index (χ2n) is 4.10. The standard InChI is InChI=1S/C12H19F3N6.HI/c1-3-21(4-2)10(16)17-7-8-19-11-18-6-5-9(20-11)12(13,14)15;/h5-6H,3-4,7-8H2,1-2H3,(H2,16,17)(H,18,19,20);1H. The number of halogens is 4. The molecular formula is C12H20F3IN6. The lowest BCUT2D eigenvalue weighted by Gasteiger charge is -2.19. The van der Waals surface area contributed by atoms with Gasteiger partial charge in [-0.3, -0.25) is 4.99 Å². The predicted octanol–water partition coefficient (Wildman–Crippen LogP) is 2.18. The summed E-state index contributed by atoms with van der Waals surface area (Å²) >= 11 is 0. The minimum Gasteiger partial charge on any atom is -0.370 e. The predicted molar refractivity (Wildman–Crippen MR) is 90.3 cm³/mol.